The third-order valence-electron chi connectivity index (χ3n) is 2.02. The molecule has 10 heavy (non-hydrogen) atoms. The second kappa shape index (κ2) is 3.94. The van der Waals surface area contributed by atoms with Crippen LogP contribution in [0.3, 0.4) is 0 Å². The van der Waals surface area contributed by atoms with Crippen LogP contribution in [0.25, 0.3) is 0 Å². The largest absolute Gasteiger partial charge is 0.395 e. The highest BCUT2D eigenvalue weighted by Crippen LogP contribution is 2.31. The number of hydrogen-bond donors (Lipinski definition) is 2. The minimum absolute atomic E-state index is 0.255. The summed E-state index contributed by atoms with van der Waals surface area (Å²) in [6.07, 6.45) is 4.15. The maximum atomic E-state index is 8.65. The van der Waals surface area contributed by atoms with E-state index in [1.165, 1.54) is 19.3 Å². The fraction of sp³-hybridized carbons (Fsp3) is 1.00. The molecule has 0 aromatic heterocycles. The number of rotatable bonds is 5. The third-order valence-corrected chi connectivity index (χ3v) is 2.02. The molecule has 0 heterocycles. The van der Waals surface area contributed by atoms with E-state index in [2.05, 4.69) is 5.32 Å². The van der Waals surface area contributed by atoms with Crippen molar-refractivity contribution in [3.05, 3.63) is 0 Å². The van der Waals surface area contributed by atoms with Crippen molar-refractivity contribution < 1.29 is 5.11 Å². The van der Waals surface area contributed by atoms with Gasteiger partial charge in [0.1, 0.15) is 0 Å². The van der Waals surface area contributed by atoms with Crippen LogP contribution in [0.1, 0.15) is 26.2 Å². The molecule has 1 unspecified atom stereocenters. The van der Waals surface area contributed by atoms with E-state index in [1.54, 1.807) is 0 Å². The Labute approximate surface area is 62.6 Å². The van der Waals surface area contributed by atoms with Gasteiger partial charge in [-0.3, -0.25) is 0 Å². The highest BCUT2D eigenvalue weighted by molar-refractivity contribution is 4.74. The molecule has 0 aromatic rings. The van der Waals surface area contributed by atoms with Crippen LogP contribution < -0.4 is 5.32 Å². The zero-order valence-corrected chi connectivity index (χ0v) is 6.64. The normalized spacial score (nSPS) is 21.0. The molecule has 0 aliphatic heterocycles. The molecular formula is C8H17NO. The van der Waals surface area contributed by atoms with Crippen molar-refractivity contribution in [2.75, 3.05) is 13.2 Å². The molecule has 1 aliphatic rings. The van der Waals surface area contributed by atoms with Crippen molar-refractivity contribution in [3.8, 4) is 0 Å². The van der Waals surface area contributed by atoms with E-state index < -0.39 is 0 Å². The van der Waals surface area contributed by atoms with Gasteiger partial charge in [0.05, 0.1) is 6.61 Å². The van der Waals surface area contributed by atoms with Gasteiger partial charge in [0, 0.05) is 6.04 Å². The number of aliphatic hydroxyl groups is 1. The van der Waals surface area contributed by atoms with Crippen molar-refractivity contribution >= 4 is 0 Å². The quantitative estimate of drug-likeness (QED) is 0.595. The van der Waals surface area contributed by atoms with Crippen LogP contribution in [0.15, 0.2) is 0 Å². The van der Waals surface area contributed by atoms with Crippen molar-refractivity contribution in [2.24, 2.45) is 5.92 Å². The molecule has 2 nitrogen and oxygen atoms in total. The highest BCUT2D eigenvalue weighted by Gasteiger charge is 2.20. The summed E-state index contributed by atoms with van der Waals surface area (Å²) in [7, 11) is 0. The van der Waals surface area contributed by atoms with Crippen LogP contribution in [0, 0.1) is 5.92 Å². The Morgan fingerprint density at radius 3 is 2.80 bits per heavy atom. The summed E-state index contributed by atoms with van der Waals surface area (Å²) in [6.45, 7) is 3.34. The molecule has 60 valence electrons. The Hall–Kier alpha value is -0.0800. The van der Waals surface area contributed by atoms with E-state index in [0.717, 1.165) is 12.5 Å². The zero-order chi connectivity index (χ0) is 7.40. The van der Waals surface area contributed by atoms with Gasteiger partial charge in [-0.1, -0.05) is 12.8 Å². The fourth-order valence-corrected chi connectivity index (χ4v) is 1.00. The van der Waals surface area contributed by atoms with Gasteiger partial charge in [0.25, 0.3) is 0 Å². The van der Waals surface area contributed by atoms with Gasteiger partial charge in [-0.15, -0.1) is 0 Å². The summed E-state index contributed by atoms with van der Waals surface area (Å²) < 4.78 is 0. The predicted molar refractivity (Wildman–Crippen MR) is 41.9 cm³/mol. The van der Waals surface area contributed by atoms with Gasteiger partial charge < -0.3 is 10.4 Å². The molecule has 2 N–H and O–H groups in total. The predicted octanol–water partition coefficient (Wildman–Crippen LogP) is 0.757. The second-order valence-corrected chi connectivity index (χ2v) is 3.27. The maximum Gasteiger partial charge on any atom is 0.0581 e. The van der Waals surface area contributed by atoms with Crippen LogP contribution in [0.4, 0.5) is 0 Å². The van der Waals surface area contributed by atoms with E-state index in [0.29, 0.717) is 0 Å². The highest BCUT2D eigenvalue weighted by atomic mass is 16.3. The van der Waals surface area contributed by atoms with Crippen molar-refractivity contribution in [2.45, 2.75) is 32.2 Å². The average molecular weight is 143 g/mol. The summed E-state index contributed by atoms with van der Waals surface area (Å²) >= 11 is 0. The molecule has 2 heteroatoms. The topological polar surface area (TPSA) is 32.3 Å². The van der Waals surface area contributed by atoms with E-state index >= 15 is 0 Å². The SMILES string of the molecule is CC(CO)NCCC1CC1. The summed E-state index contributed by atoms with van der Waals surface area (Å²) in [4.78, 5) is 0. The summed E-state index contributed by atoms with van der Waals surface area (Å²) in [5, 5.41) is 11.9. The van der Waals surface area contributed by atoms with E-state index in [1.807, 2.05) is 6.92 Å². The minimum Gasteiger partial charge on any atom is -0.395 e. The summed E-state index contributed by atoms with van der Waals surface area (Å²) in [6, 6.07) is 0.277. The molecule has 1 atom stereocenters. The maximum absolute atomic E-state index is 8.65. The Morgan fingerprint density at radius 2 is 2.30 bits per heavy atom. The smallest absolute Gasteiger partial charge is 0.0581 e. The van der Waals surface area contributed by atoms with Crippen LogP contribution in [0.5, 0.6) is 0 Å². The van der Waals surface area contributed by atoms with Crippen LogP contribution in [-0.2, 0) is 0 Å². The number of hydrogen-bond acceptors (Lipinski definition) is 2. The van der Waals surface area contributed by atoms with Crippen molar-refractivity contribution in [1.29, 1.82) is 0 Å². The molecule has 0 bridgehead atoms. The molecule has 1 aliphatic carbocycles. The molecule has 0 aromatic carbocycles. The Morgan fingerprint density at radius 1 is 1.60 bits per heavy atom. The molecular weight excluding hydrogens is 126 g/mol. The lowest BCUT2D eigenvalue weighted by molar-refractivity contribution is 0.251. The van der Waals surface area contributed by atoms with Gasteiger partial charge in [0.2, 0.25) is 0 Å². The van der Waals surface area contributed by atoms with Crippen molar-refractivity contribution in [1.82, 2.24) is 5.32 Å². The molecule has 0 amide bonds. The standard InChI is InChI=1S/C8H17NO/c1-7(6-10)9-5-4-8-2-3-8/h7-10H,2-6H2,1H3. The molecule has 0 radical (unpaired) electrons. The lowest BCUT2D eigenvalue weighted by Crippen LogP contribution is -2.30. The summed E-state index contributed by atoms with van der Waals surface area (Å²) in [5.74, 6) is 0.999. The van der Waals surface area contributed by atoms with Crippen LogP contribution in [-0.4, -0.2) is 24.3 Å². The first-order valence-corrected chi connectivity index (χ1v) is 4.17. The van der Waals surface area contributed by atoms with Gasteiger partial charge >= 0.3 is 0 Å². The average Bonchev–Trinajstić information content (AvgIpc) is 2.71. The second-order valence-electron chi connectivity index (χ2n) is 3.27. The lowest BCUT2D eigenvalue weighted by atomic mass is 10.3. The Kier molecular flexibility index (Phi) is 3.16. The minimum atomic E-state index is 0.255. The van der Waals surface area contributed by atoms with Crippen molar-refractivity contribution in [3.63, 3.8) is 0 Å². The first kappa shape index (κ1) is 8.02. The molecule has 1 fully saturated rings. The monoisotopic (exact) mass is 143 g/mol. The lowest BCUT2D eigenvalue weighted by Gasteiger charge is -2.09. The summed E-state index contributed by atoms with van der Waals surface area (Å²) in [5.41, 5.74) is 0. The Balaban J connectivity index is 1.83. The van der Waals surface area contributed by atoms with E-state index in [9.17, 15) is 0 Å². The van der Waals surface area contributed by atoms with Gasteiger partial charge in [-0.25, -0.2) is 0 Å². The third kappa shape index (κ3) is 3.18. The molecule has 0 saturated heterocycles. The Bertz CT molecular complexity index is 91.3. The van der Waals surface area contributed by atoms with Gasteiger partial charge in [-0.2, -0.15) is 0 Å². The van der Waals surface area contributed by atoms with E-state index in [-0.39, 0.29) is 12.6 Å². The zero-order valence-electron chi connectivity index (χ0n) is 6.64. The first-order valence-electron chi connectivity index (χ1n) is 4.17. The van der Waals surface area contributed by atoms with E-state index in [4.69, 9.17) is 5.11 Å². The number of aliphatic hydroxyl groups excluding tert-OH is 1. The fourth-order valence-electron chi connectivity index (χ4n) is 1.00. The first-order chi connectivity index (χ1) is 4.83. The number of nitrogens with one attached hydrogen (secondary N) is 1. The molecule has 1 rings (SSSR count). The van der Waals surface area contributed by atoms with Crippen LogP contribution in [0.2, 0.25) is 0 Å². The van der Waals surface area contributed by atoms with Gasteiger partial charge in [0.15, 0.2) is 0 Å². The molecule has 0 spiro atoms. The van der Waals surface area contributed by atoms with Gasteiger partial charge in [-0.05, 0) is 25.8 Å². The van der Waals surface area contributed by atoms with Crippen LogP contribution >= 0.6 is 0 Å². The molecule has 1 saturated carbocycles.